The monoisotopic (exact) mass is 1070 g/mol. The van der Waals surface area contributed by atoms with Crippen molar-refractivity contribution in [1.29, 1.82) is 0 Å². The zero-order chi connectivity index (χ0) is 53.9. The summed E-state index contributed by atoms with van der Waals surface area (Å²) in [5, 5.41) is 196. The summed E-state index contributed by atoms with van der Waals surface area (Å²) in [6.45, 7) is -3.54. The molecule has 0 bridgehead atoms. The van der Waals surface area contributed by atoms with Gasteiger partial charge in [0.1, 0.15) is 146 Å². The Morgan fingerprint density at radius 2 is 0.712 bits per heavy atom. The van der Waals surface area contributed by atoms with Gasteiger partial charge in [0.25, 0.3) is 0 Å². The summed E-state index contributed by atoms with van der Waals surface area (Å²) in [6.07, 6.45) is -53.1. The van der Waals surface area contributed by atoms with Crippen LogP contribution in [0.3, 0.4) is 0 Å². The second kappa shape index (κ2) is 26.0. The minimum absolute atomic E-state index is 0.808. The minimum atomic E-state index is -2.27. The summed E-state index contributed by atoms with van der Waals surface area (Å²) in [4.78, 5) is 25.0. The molecule has 0 aliphatic carbocycles. The Kier molecular flexibility index (Phi) is 21.3. The average Bonchev–Trinajstić information content (AvgIpc) is 3.35. The first-order valence-electron chi connectivity index (χ1n) is 23.1. The highest BCUT2D eigenvalue weighted by atomic mass is 16.8. The van der Waals surface area contributed by atoms with E-state index < -0.39 is 236 Å². The van der Waals surface area contributed by atoms with Crippen LogP contribution in [0.2, 0.25) is 0 Å². The van der Waals surface area contributed by atoms with Gasteiger partial charge in [-0.25, -0.2) is 0 Å². The van der Waals surface area contributed by atoms with E-state index in [4.69, 9.17) is 52.1 Å². The molecule has 30 atom stereocenters. The molecule has 73 heavy (non-hydrogen) atoms. The van der Waals surface area contributed by atoms with Crippen LogP contribution in [-0.4, -0.2) is 327 Å². The highest BCUT2D eigenvalue weighted by Gasteiger charge is 2.57. The lowest BCUT2D eigenvalue weighted by molar-refractivity contribution is -0.387. The quantitative estimate of drug-likeness (QED) is 0.0606. The van der Waals surface area contributed by atoms with Gasteiger partial charge in [0.05, 0.1) is 39.6 Å². The number of hydrogen-bond donors (Lipinski definition) is 20. The van der Waals surface area contributed by atoms with Crippen LogP contribution in [0.15, 0.2) is 0 Å². The van der Waals surface area contributed by atoms with Crippen LogP contribution >= 0.6 is 0 Å². The predicted octanol–water partition coefficient (Wildman–Crippen LogP) is -13.8. The summed E-state index contributed by atoms with van der Waals surface area (Å²) in [5.41, 5.74) is 0. The van der Waals surface area contributed by atoms with Crippen molar-refractivity contribution in [3.05, 3.63) is 0 Å². The minimum Gasteiger partial charge on any atom is -0.394 e. The number of amides is 2. The molecular formula is C40H68N2O31. The van der Waals surface area contributed by atoms with Crippen LogP contribution in [0.5, 0.6) is 0 Å². The molecule has 6 aliphatic heterocycles. The van der Waals surface area contributed by atoms with Crippen LogP contribution < -0.4 is 10.6 Å². The molecule has 6 saturated heterocycles. The van der Waals surface area contributed by atoms with E-state index in [1.54, 1.807) is 0 Å². The number of carbonyl (C=O) groups is 2. The topological polar surface area (TPSA) is 524 Å². The number of nitrogens with one attached hydrogen (secondary N) is 2. The number of hydrogen-bond acceptors (Lipinski definition) is 31. The molecule has 424 valence electrons. The largest absolute Gasteiger partial charge is 0.394 e. The Morgan fingerprint density at radius 1 is 0.356 bits per heavy atom. The number of carbonyl (C=O) groups excluding carboxylic acids is 2. The molecule has 0 spiro atoms. The summed E-state index contributed by atoms with van der Waals surface area (Å²) in [6, 6.07) is -3.47. The van der Waals surface area contributed by atoms with E-state index in [0.29, 0.717) is 0 Å². The molecule has 6 fully saturated rings. The third kappa shape index (κ3) is 13.0. The maximum Gasteiger partial charge on any atom is 0.217 e. The highest BCUT2D eigenvalue weighted by Crippen LogP contribution is 2.36. The van der Waals surface area contributed by atoms with Gasteiger partial charge in [-0.2, -0.15) is 0 Å². The van der Waals surface area contributed by atoms with Gasteiger partial charge in [0.2, 0.25) is 11.8 Å². The van der Waals surface area contributed by atoms with Crippen molar-refractivity contribution in [3.63, 3.8) is 0 Å². The van der Waals surface area contributed by atoms with Crippen LogP contribution in [0, 0.1) is 0 Å². The fourth-order valence-corrected chi connectivity index (χ4v) is 9.21. The maximum atomic E-state index is 12.6. The fourth-order valence-electron chi connectivity index (χ4n) is 9.21. The molecule has 6 aliphatic rings. The number of aliphatic hydroxyl groups is 18. The normalized spacial score (nSPS) is 49.8. The van der Waals surface area contributed by atoms with E-state index in [9.17, 15) is 102 Å². The van der Waals surface area contributed by atoms with Gasteiger partial charge >= 0.3 is 0 Å². The summed E-state index contributed by atoms with van der Waals surface area (Å²) < 4.78 is 62.5. The molecular weight excluding hydrogens is 1000 g/mol. The van der Waals surface area contributed by atoms with Gasteiger partial charge in [-0.15, -0.1) is 0 Å². The van der Waals surface area contributed by atoms with Crippen molar-refractivity contribution in [2.75, 3.05) is 39.6 Å². The van der Waals surface area contributed by atoms with Crippen LogP contribution in [-0.2, 0) is 61.7 Å². The van der Waals surface area contributed by atoms with Crippen molar-refractivity contribution < 1.29 is 154 Å². The van der Waals surface area contributed by atoms with Crippen LogP contribution in [0.4, 0.5) is 0 Å². The SMILES string of the molecule is CC(=O)N[C@H]1[C@H](OC[C@H]2O[C@H](O[C@H]3[C@@H](O)[C@H](O)[C@@H](CO)O[C@@H]3O)[C@@H](O)[C@@H](O[C@@H]3O[C@H](CO)[C@@H](O[C@@H]4O[C@H](CO)[C@H](O)[C@H](O)[C@H]4O)[C@H](O)[C@H]3NC(C)=O)[C@@H]2O)O[C@H](CO)[C@@H](O[C@@H]2O[C@H](CO)[C@H](O)[C@H](O)[C@H]2O)[C@@H]1O. The lowest BCUT2D eigenvalue weighted by Crippen LogP contribution is -2.70. The molecule has 33 nitrogen and oxygen atoms in total. The molecule has 0 aromatic carbocycles. The second-order valence-corrected chi connectivity index (χ2v) is 18.3. The van der Waals surface area contributed by atoms with Gasteiger partial charge in [-0.1, -0.05) is 0 Å². The Morgan fingerprint density at radius 3 is 1.16 bits per heavy atom. The van der Waals surface area contributed by atoms with E-state index in [2.05, 4.69) is 10.6 Å². The molecule has 20 N–H and O–H groups in total. The summed E-state index contributed by atoms with van der Waals surface area (Å²) in [7, 11) is 0. The standard InChI is InChI=1S/C40H68N2O31/c1-9(48)41-17-23(54)31(70-38-28(59)25(56)19(50)12(4-44)65-38)14(6-46)67-36(17)63-8-16-22(53)33(30(61)40(69-16)73-34-27(58)21(52)11(3-43)64-35(34)62)72-37-18(42-10(2)49)24(55)32(15(7-47)68-37)71-39-29(60)26(57)20(51)13(5-45)66-39/h11-40,43-47,50-62H,3-8H2,1-2H3,(H,41,48)(H,42,49)/t11-,12-,13-,14-,15-,16-,17-,18-,19+,20+,21-,22-,23-,24-,25+,26+,27+,28-,29-,30+,31-,32-,33+,34+,35+,36-,37+,38+,39+,40-/m1/s1. The van der Waals surface area contributed by atoms with Gasteiger partial charge < -0.3 is 155 Å². The van der Waals surface area contributed by atoms with Crippen molar-refractivity contribution in [1.82, 2.24) is 10.6 Å². The molecule has 0 unspecified atom stereocenters. The zero-order valence-corrected chi connectivity index (χ0v) is 38.9. The molecule has 0 saturated carbocycles. The summed E-state index contributed by atoms with van der Waals surface area (Å²) >= 11 is 0. The van der Waals surface area contributed by atoms with Crippen LogP contribution in [0.1, 0.15) is 13.8 Å². The third-order valence-electron chi connectivity index (χ3n) is 13.2. The Labute approximate surface area is 413 Å². The maximum absolute atomic E-state index is 12.6. The first kappa shape index (κ1) is 60.0. The number of aliphatic hydroxyl groups excluding tert-OH is 18. The molecule has 33 heteroatoms. The zero-order valence-electron chi connectivity index (χ0n) is 38.9. The molecule has 6 rings (SSSR count). The van der Waals surface area contributed by atoms with Crippen molar-refractivity contribution in [2.24, 2.45) is 0 Å². The molecule has 6 heterocycles. The third-order valence-corrected chi connectivity index (χ3v) is 13.2. The Hall–Kier alpha value is -2.22. The average molecular weight is 1070 g/mol. The second-order valence-electron chi connectivity index (χ2n) is 18.3. The lowest BCUT2D eigenvalue weighted by Gasteiger charge is -2.50. The Bertz CT molecular complexity index is 1750. The van der Waals surface area contributed by atoms with Gasteiger partial charge in [-0.05, 0) is 0 Å². The van der Waals surface area contributed by atoms with Crippen LogP contribution in [0.25, 0.3) is 0 Å². The van der Waals surface area contributed by atoms with E-state index in [1.807, 2.05) is 0 Å². The number of ether oxygens (including phenoxy) is 11. The van der Waals surface area contributed by atoms with Crippen molar-refractivity contribution >= 4 is 11.8 Å². The molecule has 0 aromatic rings. The predicted molar refractivity (Wildman–Crippen MR) is 222 cm³/mol. The van der Waals surface area contributed by atoms with E-state index >= 15 is 0 Å². The Balaban J connectivity index is 1.27. The van der Waals surface area contributed by atoms with Crippen molar-refractivity contribution in [2.45, 2.75) is 198 Å². The smallest absolute Gasteiger partial charge is 0.217 e. The fraction of sp³-hybridized carbons (Fsp3) is 0.950. The molecule has 0 aromatic heterocycles. The van der Waals surface area contributed by atoms with Gasteiger partial charge in [-0.3, -0.25) is 9.59 Å². The van der Waals surface area contributed by atoms with Gasteiger partial charge in [0, 0.05) is 13.8 Å². The summed E-state index contributed by atoms with van der Waals surface area (Å²) in [5.74, 6) is -1.67. The van der Waals surface area contributed by atoms with Gasteiger partial charge in [0.15, 0.2) is 37.7 Å². The number of rotatable bonds is 18. The first-order chi connectivity index (χ1) is 34.5. The van der Waals surface area contributed by atoms with Crippen molar-refractivity contribution in [3.8, 4) is 0 Å². The molecule has 2 amide bonds. The first-order valence-corrected chi connectivity index (χ1v) is 23.1. The van der Waals surface area contributed by atoms with E-state index in [0.717, 1.165) is 13.8 Å². The molecule has 0 radical (unpaired) electrons. The van der Waals surface area contributed by atoms with E-state index in [1.165, 1.54) is 0 Å². The lowest BCUT2D eigenvalue weighted by atomic mass is 9.94. The highest BCUT2D eigenvalue weighted by molar-refractivity contribution is 5.73. The van der Waals surface area contributed by atoms with E-state index in [-0.39, 0.29) is 0 Å².